The number of hydrogen-bond donors (Lipinski definition) is 0. The topological polar surface area (TPSA) is 47.4 Å². The van der Waals surface area contributed by atoms with Crippen LogP contribution in [0.25, 0.3) is 16.7 Å². The molecule has 1 aliphatic carbocycles. The Morgan fingerprint density at radius 2 is 1.79 bits per heavy atom. The lowest BCUT2D eigenvalue weighted by Crippen LogP contribution is -2.51. The van der Waals surface area contributed by atoms with Crippen LogP contribution in [-0.4, -0.2) is 39.5 Å². The highest BCUT2D eigenvalue weighted by Gasteiger charge is 2.39. The lowest BCUT2D eigenvalue weighted by Gasteiger charge is -2.44. The lowest BCUT2D eigenvalue weighted by molar-refractivity contribution is 0.0539. The van der Waals surface area contributed by atoms with E-state index in [2.05, 4.69) is 72.8 Å². The van der Waals surface area contributed by atoms with E-state index in [0.717, 1.165) is 32.2 Å². The number of nitrogens with zero attached hydrogens (tertiary/aromatic N) is 3. The van der Waals surface area contributed by atoms with Crippen LogP contribution in [0.3, 0.4) is 0 Å². The number of piperidine rings is 1. The molecular formula is C28H29N3O2. The van der Waals surface area contributed by atoms with Crippen LogP contribution in [0, 0.1) is 0 Å². The van der Waals surface area contributed by atoms with E-state index in [1.807, 2.05) is 15.8 Å². The average Bonchev–Trinajstić information content (AvgIpc) is 3.45. The summed E-state index contributed by atoms with van der Waals surface area (Å²) in [5, 5.41) is 4.44. The Balaban J connectivity index is 1.21. The molecule has 1 saturated heterocycles. The van der Waals surface area contributed by atoms with Crippen molar-refractivity contribution < 1.29 is 9.53 Å². The van der Waals surface area contributed by atoms with E-state index in [1.165, 1.54) is 33.4 Å². The number of aryl methyl sites for hydroxylation is 1. The van der Waals surface area contributed by atoms with Gasteiger partial charge in [-0.1, -0.05) is 54.6 Å². The van der Waals surface area contributed by atoms with Crippen molar-refractivity contribution in [2.45, 2.75) is 57.2 Å². The molecule has 0 radical (unpaired) electrons. The molecule has 2 bridgehead atoms. The number of carbonyl (C=O) groups excluding carboxylic acids is 1. The molecule has 3 heterocycles. The van der Waals surface area contributed by atoms with Crippen LogP contribution in [0.15, 0.2) is 67.0 Å². The Labute approximate surface area is 194 Å². The van der Waals surface area contributed by atoms with Crippen molar-refractivity contribution in [3.63, 3.8) is 0 Å². The molecule has 0 spiro atoms. The number of hydrogen-bond acceptors (Lipinski definition) is 3. The smallest absolute Gasteiger partial charge is 0.410 e. The highest BCUT2D eigenvalue weighted by atomic mass is 16.6. The van der Waals surface area contributed by atoms with E-state index in [1.54, 1.807) is 0 Å². The van der Waals surface area contributed by atoms with Crippen molar-refractivity contribution in [1.29, 1.82) is 0 Å². The molecule has 3 aromatic rings. The van der Waals surface area contributed by atoms with Gasteiger partial charge in [-0.15, -0.1) is 0 Å². The molecule has 3 aliphatic rings. The molecule has 1 amide bonds. The van der Waals surface area contributed by atoms with Gasteiger partial charge in [-0.3, -0.25) is 9.58 Å². The first kappa shape index (κ1) is 20.3. The first-order valence-corrected chi connectivity index (χ1v) is 12.1. The fraction of sp³-hybridized carbons (Fsp3) is 0.357. The third kappa shape index (κ3) is 3.47. The maximum atomic E-state index is 13.3. The largest absolute Gasteiger partial charge is 0.448 e. The van der Waals surface area contributed by atoms with Gasteiger partial charge in [0.05, 0.1) is 12.2 Å². The van der Waals surface area contributed by atoms with E-state index >= 15 is 0 Å². The van der Waals surface area contributed by atoms with Crippen LogP contribution in [0.2, 0.25) is 0 Å². The predicted octanol–water partition coefficient (Wildman–Crippen LogP) is 5.86. The zero-order valence-electron chi connectivity index (χ0n) is 19.0. The number of carbonyl (C=O) groups is 1. The van der Waals surface area contributed by atoms with Crippen LogP contribution in [0.1, 0.15) is 55.2 Å². The summed E-state index contributed by atoms with van der Waals surface area (Å²) in [6.45, 7) is 3.34. The summed E-state index contributed by atoms with van der Waals surface area (Å²) < 4.78 is 7.98. The summed E-state index contributed by atoms with van der Waals surface area (Å²) in [6.07, 6.45) is 10.2. The summed E-state index contributed by atoms with van der Waals surface area (Å²) in [6, 6.07) is 17.3. The molecule has 0 N–H and O–H groups in total. The molecule has 2 atom stereocenters. The van der Waals surface area contributed by atoms with Gasteiger partial charge in [0.2, 0.25) is 0 Å². The van der Waals surface area contributed by atoms with Crippen molar-refractivity contribution in [3.8, 4) is 11.1 Å². The maximum Gasteiger partial charge on any atom is 0.410 e. The number of aromatic nitrogens is 2. The molecule has 5 nitrogen and oxygen atoms in total. The molecule has 2 unspecified atom stereocenters. The van der Waals surface area contributed by atoms with Gasteiger partial charge in [0.15, 0.2) is 0 Å². The minimum atomic E-state index is -0.175. The average molecular weight is 440 g/mol. The Morgan fingerprint density at radius 3 is 2.45 bits per heavy atom. The molecule has 2 aromatic carbocycles. The Morgan fingerprint density at radius 1 is 1.06 bits per heavy atom. The Bertz CT molecular complexity index is 1180. The van der Waals surface area contributed by atoms with Gasteiger partial charge in [-0.25, -0.2) is 4.79 Å². The van der Waals surface area contributed by atoms with Gasteiger partial charge in [0.25, 0.3) is 0 Å². The summed E-state index contributed by atoms with van der Waals surface area (Å²) >= 11 is 0. The van der Waals surface area contributed by atoms with Crippen molar-refractivity contribution in [2.75, 3.05) is 6.61 Å². The second-order valence-corrected chi connectivity index (χ2v) is 9.34. The maximum absolute atomic E-state index is 13.3. The van der Waals surface area contributed by atoms with E-state index < -0.39 is 0 Å². The molecule has 168 valence electrons. The first-order chi connectivity index (χ1) is 16.2. The highest BCUT2D eigenvalue weighted by Crippen LogP contribution is 2.45. The third-order valence-electron chi connectivity index (χ3n) is 7.51. The lowest BCUT2D eigenvalue weighted by atomic mass is 9.84. The zero-order chi connectivity index (χ0) is 22.4. The fourth-order valence-electron chi connectivity index (χ4n) is 5.90. The van der Waals surface area contributed by atoms with Gasteiger partial charge in [-0.2, -0.15) is 5.10 Å². The van der Waals surface area contributed by atoms with Crippen LogP contribution < -0.4 is 0 Å². The SMILES string of the molecule is CCn1cc(C2=CC3CCCC(C2)N3C(=O)OCC2c3ccccc3-c3ccccc32)cn1. The first-order valence-electron chi connectivity index (χ1n) is 12.1. The Hall–Kier alpha value is -3.34. The second-order valence-electron chi connectivity index (χ2n) is 9.34. The van der Waals surface area contributed by atoms with Gasteiger partial charge in [0, 0.05) is 30.3 Å². The van der Waals surface area contributed by atoms with E-state index in [4.69, 9.17) is 4.74 Å². The number of fused-ring (bicyclic) bond motifs is 5. The van der Waals surface area contributed by atoms with Crippen LogP contribution in [0.4, 0.5) is 4.79 Å². The summed E-state index contributed by atoms with van der Waals surface area (Å²) in [5.41, 5.74) is 7.50. The van der Waals surface area contributed by atoms with Crippen LogP contribution in [0.5, 0.6) is 0 Å². The fourth-order valence-corrected chi connectivity index (χ4v) is 5.90. The highest BCUT2D eigenvalue weighted by molar-refractivity contribution is 5.79. The minimum absolute atomic E-state index is 0.0944. The third-order valence-corrected chi connectivity index (χ3v) is 7.51. The summed E-state index contributed by atoms with van der Waals surface area (Å²) in [7, 11) is 0. The van der Waals surface area contributed by atoms with Gasteiger partial charge >= 0.3 is 6.09 Å². The number of benzene rings is 2. The molecule has 6 rings (SSSR count). The van der Waals surface area contributed by atoms with Crippen molar-refractivity contribution in [3.05, 3.63) is 83.7 Å². The van der Waals surface area contributed by atoms with Gasteiger partial charge in [-0.05, 0) is 60.4 Å². The predicted molar refractivity (Wildman–Crippen MR) is 129 cm³/mol. The molecule has 1 aromatic heterocycles. The van der Waals surface area contributed by atoms with Crippen molar-refractivity contribution >= 4 is 11.7 Å². The zero-order valence-corrected chi connectivity index (χ0v) is 19.0. The van der Waals surface area contributed by atoms with E-state index in [-0.39, 0.29) is 24.1 Å². The monoisotopic (exact) mass is 439 g/mol. The molecule has 1 fully saturated rings. The number of amides is 1. The van der Waals surface area contributed by atoms with Gasteiger partial charge in [0.1, 0.15) is 6.61 Å². The van der Waals surface area contributed by atoms with Crippen molar-refractivity contribution in [2.24, 2.45) is 0 Å². The standard InChI is InChI=1S/C28H29N3O2/c1-2-30-17-20(16-29-30)19-14-21-8-7-9-22(15-19)31(21)28(32)33-18-27-25-12-5-3-10-23(25)24-11-4-6-13-26(24)27/h3-6,10-14,16-17,21-22,27H,2,7-9,15,18H2,1H3. The summed E-state index contributed by atoms with van der Waals surface area (Å²) in [5.74, 6) is 0.0944. The normalized spacial score (nSPS) is 21.4. The second kappa shape index (κ2) is 8.22. The molecule has 33 heavy (non-hydrogen) atoms. The number of rotatable bonds is 4. The molecule has 2 aliphatic heterocycles. The quantitative estimate of drug-likeness (QED) is 0.511. The number of ether oxygens (including phenoxy) is 1. The molecule has 0 saturated carbocycles. The van der Waals surface area contributed by atoms with Crippen molar-refractivity contribution in [1.82, 2.24) is 14.7 Å². The van der Waals surface area contributed by atoms with Crippen LogP contribution >= 0.6 is 0 Å². The van der Waals surface area contributed by atoms with E-state index in [9.17, 15) is 4.79 Å². The molecular weight excluding hydrogens is 410 g/mol. The van der Waals surface area contributed by atoms with E-state index in [0.29, 0.717) is 6.61 Å². The minimum Gasteiger partial charge on any atom is -0.448 e. The molecule has 5 heteroatoms. The van der Waals surface area contributed by atoms with Gasteiger partial charge < -0.3 is 4.74 Å². The van der Waals surface area contributed by atoms with Crippen LogP contribution in [-0.2, 0) is 11.3 Å². The Kier molecular flexibility index (Phi) is 5.05. The summed E-state index contributed by atoms with van der Waals surface area (Å²) in [4.78, 5) is 15.3.